The van der Waals surface area contributed by atoms with Crippen LogP contribution in [-0.4, -0.2) is 29.6 Å². The van der Waals surface area contributed by atoms with Gasteiger partial charge < -0.3 is 5.73 Å². The summed E-state index contributed by atoms with van der Waals surface area (Å²) in [5.41, 5.74) is 7.12. The molecule has 0 aromatic carbocycles. The van der Waals surface area contributed by atoms with Crippen molar-refractivity contribution in [1.29, 1.82) is 0 Å². The van der Waals surface area contributed by atoms with Crippen LogP contribution in [0.4, 0.5) is 0 Å². The van der Waals surface area contributed by atoms with Gasteiger partial charge in [0.1, 0.15) is 0 Å². The molecule has 1 saturated heterocycles. The highest BCUT2D eigenvalue weighted by Gasteiger charge is 2.44. The minimum atomic E-state index is 0.305. The van der Waals surface area contributed by atoms with Crippen molar-refractivity contribution in [3.05, 3.63) is 0 Å². The Morgan fingerprint density at radius 3 is 2.24 bits per heavy atom. The van der Waals surface area contributed by atoms with Crippen molar-refractivity contribution in [3.63, 3.8) is 0 Å². The summed E-state index contributed by atoms with van der Waals surface area (Å²) >= 11 is 0. The molecule has 0 radical (unpaired) electrons. The SMILES string of the molecule is CCC(C)(C)C1CCC(CN)(N2CCC(C)CC2C)CC1. The van der Waals surface area contributed by atoms with E-state index >= 15 is 0 Å². The second-order valence-corrected chi connectivity index (χ2v) is 8.72. The van der Waals surface area contributed by atoms with Crippen LogP contribution in [0.3, 0.4) is 0 Å². The van der Waals surface area contributed by atoms with Crippen LogP contribution < -0.4 is 5.73 Å². The monoisotopic (exact) mass is 294 g/mol. The third kappa shape index (κ3) is 3.47. The summed E-state index contributed by atoms with van der Waals surface area (Å²) in [6, 6.07) is 0.716. The second-order valence-electron chi connectivity index (χ2n) is 8.72. The van der Waals surface area contributed by atoms with Crippen molar-refractivity contribution >= 4 is 0 Å². The van der Waals surface area contributed by atoms with E-state index in [-0.39, 0.29) is 0 Å². The molecule has 0 aromatic heterocycles. The van der Waals surface area contributed by atoms with Crippen LogP contribution in [0, 0.1) is 17.3 Å². The van der Waals surface area contributed by atoms with E-state index < -0.39 is 0 Å². The summed E-state index contributed by atoms with van der Waals surface area (Å²) in [4.78, 5) is 2.79. The zero-order valence-electron chi connectivity index (χ0n) is 15.1. The maximum Gasteiger partial charge on any atom is 0.0334 e. The minimum Gasteiger partial charge on any atom is -0.329 e. The summed E-state index contributed by atoms with van der Waals surface area (Å²) < 4.78 is 0. The Morgan fingerprint density at radius 2 is 1.76 bits per heavy atom. The Morgan fingerprint density at radius 1 is 1.14 bits per heavy atom. The van der Waals surface area contributed by atoms with E-state index in [1.54, 1.807) is 0 Å². The van der Waals surface area contributed by atoms with E-state index in [9.17, 15) is 0 Å². The van der Waals surface area contributed by atoms with Gasteiger partial charge in [-0.15, -0.1) is 0 Å². The molecule has 0 aromatic rings. The molecule has 1 saturated carbocycles. The molecule has 2 nitrogen and oxygen atoms in total. The van der Waals surface area contributed by atoms with E-state index in [2.05, 4.69) is 39.5 Å². The maximum absolute atomic E-state index is 6.31. The summed E-state index contributed by atoms with van der Waals surface area (Å²) in [5.74, 6) is 1.78. The van der Waals surface area contributed by atoms with Crippen LogP contribution in [0.5, 0.6) is 0 Å². The van der Waals surface area contributed by atoms with E-state index in [0.717, 1.165) is 18.4 Å². The minimum absolute atomic E-state index is 0.305. The van der Waals surface area contributed by atoms with Crippen molar-refractivity contribution in [2.24, 2.45) is 23.0 Å². The number of nitrogens with two attached hydrogens (primary N) is 1. The number of rotatable bonds is 4. The van der Waals surface area contributed by atoms with Gasteiger partial charge in [0, 0.05) is 18.1 Å². The molecule has 1 aliphatic carbocycles. The van der Waals surface area contributed by atoms with Crippen molar-refractivity contribution < 1.29 is 0 Å². The molecular weight excluding hydrogens is 256 g/mol. The maximum atomic E-state index is 6.31. The van der Waals surface area contributed by atoms with E-state index in [1.807, 2.05) is 0 Å². The topological polar surface area (TPSA) is 29.3 Å². The average molecular weight is 295 g/mol. The number of likely N-dealkylation sites (tertiary alicyclic amines) is 1. The molecule has 2 unspecified atom stereocenters. The van der Waals surface area contributed by atoms with Crippen molar-refractivity contribution in [1.82, 2.24) is 4.90 Å². The second kappa shape index (κ2) is 6.58. The third-order valence-corrected chi connectivity index (χ3v) is 7.06. The first kappa shape index (κ1) is 17.3. The van der Waals surface area contributed by atoms with Gasteiger partial charge in [-0.1, -0.05) is 34.1 Å². The van der Waals surface area contributed by atoms with E-state index in [1.165, 1.54) is 51.5 Å². The smallest absolute Gasteiger partial charge is 0.0334 e. The first-order valence-corrected chi connectivity index (χ1v) is 9.31. The lowest BCUT2D eigenvalue weighted by Gasteiger charge is -2.54. The number of nitrogens with zero attached hydrogens (tertiary/aromatic N) is 1. The van der Waals surface area contributed by atoms with Gasteiger partial charge in [0.25, 0.3) is 0 Å². The quantitative estimate of drug-likeness (QED) is 0.831. The van der Waals surface area contributed by atoms with E-state index in [0.29, 0.717) is 17.0 Å². The number of hydrogen-bond donors (Lipinski definition) is 1. The zero-order chi connectivity index (χ0) is 15.7. The van der Waals surface area contributed by atoms with Crippen LogP contribution in [0.1, 0.15) is 79.6 Å². The van der Waals surface area contributed by atoms with Gasteiger partial charge in [-0.3, -0.25) is 4.90 Å². The molecule has 0 spiro atoms. The molecular formula is C19H38N2. The van der Waals surface area contributed by atoms with Crippen LogP contribution in [0.2, 0.25) is 0 Å². The zero-order valence-corrected chi connectivity index (χ0v) is 15.1. The highest BCUT2D eigenvalue weighted by molar-refractivity contribution is 5.00. The Kier molecular flexibility index (Phi) is 5.41. The molecule has 2 fully saturated rings. The number of piperidine rings is 1. The Balaban J connectivity index is 2.04. The number of hydrogen-bond acceptors (Lipinski definition) is 2. The van der Waals surface area contributed by atoms with Crippen LogP contribution in [0.25, 0.3) is 0 Å². The van der Waals surface area contributed by atoms with Gasteiger partial charge in [-0.2, -0.15) is 0 Å². The van der Waals surface area contributed by atoms with Crippen molar-refractivity contribution in [2.45, 2.75) is 91.1 Å². The van der Waals surface area contributed by atoms with Gasteiger partial charge in [0.15, 0.2) is 0 Å². The average Bonchev–Trinajstić information content (AvgIpc) is 2.47. The third-order valence-electron chi connectivity index (χ3n) is 7.06. The molecule has 0 amide bonds. The lowest BCUT2D eigenvalue weighted by Crippen LogP contribution is -2.61. The molecule has 2 N–H and O–H groups in total. The Hall–Kier alpha value is -0.0800. The highest BCUT2D eigenvalue weighted by atomic mass is 15.2. The normalized spacial score (nSPS) is 39.4. The van der Waals surface area contributed by atoms with Gasteiger partial charge in [0.05, 0.1) is 0 Å². The van der Waals surface area contributed by atoms with Gasteiger partial charge in [-0.05, 0) is 69.2 Å². The largest absolute Gasteiger partial charge is 0.329 e. The Bertz CT molecular complexity index is 328. The lowest BCUT2D eigenvalue weighted by atomic mass is 9.64. The van der Waals surface area contributed by atoms with Crippen molar-refractivity contribution in [2.75, 3.05) is 13.1 Å². The predicted molar refractivity (Wildman–Crippen MR) is 92.4 cm³/mol. The fraction of sp³-hybridized carbons (Fsp3) is 1.00. The molecule has 0 bridgehead atoms. The summed E-state index contributed by atoms with van der Waals surface area (Å²) in [6.07, 6.45) is 9.38. The summed E-state index contributed by atoms with van der Waals surface area (Å²) in [5, 5.41) is 0. The summed E-state index contributed by atoms with van der Waals surface area (Å²) in [7, 11) is 0. The van der Waals surface area contributed by atoms with Crippen LogP contribution in [-0.2, 0) is 0 Å². The standard InChI is InChI=1S/C19H38N2/c1-6-18(4,5)17-7-10-19(14-20,11-8-17)21-12-9-15(2)13-16(21)3/h15-17H,6-14,20H2,1-5H3. The Labute approximate surface area is 132 Å². The first-order chi connectivity index (χ1) is 9.84. The lowest BCUT2D eigenvalue weighted by molar-refractivity contribution is -0.0298. The van der Waals surface area contributed by atoms with Crippen LogP contribution >= 0.6 is 0 Å². The molecule has 1 aliphatic heterocycles. The van der Waals surface area contributed by atoms with E-state index in [4.69, 9.17) is 5.73 Å². The predicted octanol–water partition coefficient (Wildman–Crippen LogP) is 4.43. The highest BCUT2D eigenvalue weighted by Crippen LogP contribution is 2.46. The molecule has 2 heteroatoms. The van der Waals surface area contributed by atoms with Gasteiger partial charge >= 0.3 is 0 Å². The first-order valence-electron chi connectivity index (χ1n) is 9.31. The summed E-state index contributed by atoms with van der Waals surface area (Å²) in [6.45, 7) is 14.2. The molecule has 1 heterocycles. The molecule has 124 valence electrons. The molecule has 2 aliphatic rings. The fourth-order valence-electron chi connectivity index (χ4n) is 4.95. The fourth-order valence-corrected chi connectivity index (χ4v) is 4.95. The van der Waals surface area contributed by atoms with Gasteiger partial charge in [0.2, 0.25) is 0 Å². The molecule has 2 rings (SSSR count). The van der Waals surface area contributed by atoms with Crippen LogP contribution in [0.15, 0.2) is 0 Å². The van der Waals surface area contributed by atoms with Crippen molar-refractivity contribution in [3.8, 4) is 0 Å². The molecule has 21 heavy (non-hydrogen) atoms. The van der Waals surface area contributed by atoms with Gasteiger partial charge in [-0.25, -0.2) is 0 Å². The molecule has 2 atom stereocenters.